The number of esters is 1. The van der Waals surface area contributed by atoms with Gasteiger partial charge in [0.1, 0.15) is 0 Å². The highest BCUT2D eigenvalue weighted by Gasteiger charge is 2.23. The van der Waals surface area contributed by atoms with E-state index in [1.165, 1.54) is 11.3 Å². The van der Waals surface area contributed by atoms with Crippen LogP contribution in [0.25, 0.3) is 11.3 Å². The third kappa shape index (κ3) is 3.45. The number of amides is 2. The van der Waals surface area contributed by atoms with Crippen molar-refractivity contribution in [1.29, 1.82) is 0 Å². The van der Waals surface area contributed by atoms with E-state index >= 15 is 0 Å². The van der Waals surface area contributed by atoms with Crippen LogP contribution >= 0.6 is 11.3 Å². The van der Waals surface area contributed by atoms with Crippen molar-refractivity contribution >= 4 is 39.9 Å². The lowest BCUT2D eigenvalue weighted by Crippen LogP contribution is -2.25. The minimum Gasteiger partial charge on any atom is -0.459 e. The number of fused-ring (bicyclic) bond motifs is 1. The lowest BCUT2D eigenvalue weighted by molar-refractivity contribution is -0.152. The molecule has 0 bridgehead atoms. The zero-order valence-corrected chi connectivity index (χ0v) is 15.6. The fourth-order valence-electron chi connectivity index (χ4n) is 2.94. The Hall–Kier alpha value is -2.74. The molecule has 8 heteroatoms. The summed E-state index contributed by atoms with van der Waals surface area (Å²) in [4.78, 5) is 42.0. The number of nitrogens with one attached hydrogen (secondary N) is 1. The molecule has 0 saturated carbocycles. The Morgan fingerprint density at radius 3 is 2.81 bits per heavy atom. The molecule has 2 aromatic rings. The number of carbonyl (C=O) groups excluding carboxylic acids is 3. The molecule has 0 radical (unpaired) electrons. The first-order chi connectivity index (χ1) is 12.4. The predicted octanol–water partition coefficient (Wildman–Crippen LogP) is 2.53. The number of thiazole rings is 1. The van der Waals surface area contributed by atoms with E-state index in [1.807, 2.05) is 25.1 Å². The van der Waals surface area contributed by atoms with E-state index in [2.05, 4.69) is 15.0 Å². The van der Waals surface area contributed by atoms with E-state index < -0.39 is 11.9 Å². The van der Waals surface area contributed by atoms with Crippen LogP contribution in [0.5, 0.6) is 0 Å². The van der Waals surface area contributed by atoms with Crippen LogP contribution < -0.4 is 10.2 Å². The average molecular weight is 373 g/mol. The molecular formula is C18H19N3O4S. The average Bonchev–Trinajstić information content (AvgIpc) is 3.17. The highest BCUT2D eigenvalue weighted by molar-refractivity contribution is 7.16. The van der Waals surface area contributed by atoms with E-state index in [0.717, 1.165) is 33.8 Å². The monoisotopic (exact) mass is 373 g/mol. The second-order valence-corrected chi connectivity index (χ2v) is 7.07. The molecule has 1 aromatic carbocycles. The number of hydrogen-bond donors (Lipinski definition) is 1. The number of benzene rings is 1. The summed E-state index contributed by atoms with van der Waals surface area (Å²) in [6, 6.07) is 5.87. The summed E-state index contributed by atoms with van der Waals surface area (Å²) in [6.45, 7) is 5.93. The van der Waals surface area contributed by atoms with Gasteiger partial charge in [-0.2, -0.15) is 0 Å². The number of aromatic nitrogens is 1. The summed E-state index contributed by atoms with van der Waals surface area (Å²) >= 11 is 1.30. The van der Waals surface area contributed by atoms with Crippen molar-refractivity contribution in [3.8, 4) is 11.3 Å². The topological polar surface area (TPSA) is 88.6 Å². The Bertz CT molecular complexity index is 891. The normalized spacial score (nSPS) is 12.7. The van der Waals surface area contributed by atoms with Crippen LogP contribution in [0.15, 0.2) is 18.2 Å². The second-order valence-electron chi connectivity index (χ2n) is 5.86. The molecule has 1 aliphatic rings. The Balaban J connectivity index is 1.83. The van der Waals surface area contributed by atoms with Gasteiger partial charge in [-0.25, -0.2) is 9.78 Å². The van der Waals surface area contributed by atoms with Crippen LogP contribution in [0.4, 0.5) is 10.8 Å². The molecule has 0 atom stereocenters. The number of hydrogen-bond acceptors (Lipinski definition) is 6. The number of rotatable bonds is 3. The van der Waals surface area contributed by atoms with Gasteiger partial charge in [0.25, 0.3) is 0 Å². The molecule has 1 aromatic heterocycles. The number of anilines is 2. The molecule has 7 nitrogen and oxygen atoms in total. The van der Waals surface area contributed by atoms with E-state index in [1.54, 1.807) is 18.7 Å². The number of ether oxygens (including phenoxy) is 1. The van der Waals surface area contributed by atoms with Crippen LogP contribution in [0.3, 0.4) is 0 Å². The number of carbonyl (C=O) groups is 3. The van der Waals surface area contributed by atoms with E-state index in [-0.39, 0.29) is 12.5 Å². The predicted molar refractivity (Wildman–Crippen MR) is 99.3 cm³/mol. The Morgan fingerprint density at radius 1 is 1.35 bits per heavy atom. The van der Waals surface area contributed by atoms with Crippen molar-refractivity contribution < 1.29 is 19.1 Å². The third-order valence-electron chi connectivity index (χ3n) is 4.11. The number of aryl methyl sites for hydroxylation is 1. The quantitative estimate of drug-likeness (QED) is 0.660. The van der Waals surface area contributed by atoms with Gasteiger partial charge < -0.3 is 9.64 Å². The Morgan fingerprint density at radius 2 is 2.12 bits per heavy atom. The third-order valence-corrected chi connectivity index (χ3v) is 4.99. The van der Waals surface area contributed by atoms with Gasteiger partial charge in [0.15, 0.2) is 5.13 Å². The van der Waals surface area contributed by atoms with Crippen molar-refractivity contribution in [2.75, 3.05) is 23.4 Å². The van der Waals surface area contributed by atoms with Gasteiger partial charge >= 0.3 is 11.9 Å². The lowest BCUT2D eigenvalue weighted by Gasteiger charge is -2.14. The van der Waals surface area contributed by atoms with Crippen molar-refractivity contribution in [1.82, 2.24) is 4.98 Å². The molecule has 136 valence electrons. The molecular weight excluding hydrogens is 354 g/mol. The maximum Gasteiger partial charge on any atom is 0.397 e. The van der Waals surface area contributed by atoms with Gasteiger partial charge in [-0.3, -0.25) is 14.9 Å². The van der Waals surface area contributed by atoms with Gasteiger partial charge in [-0.05, 0) is 38.0 Å². The Kier molecular flexibility index (Phi) is 5.03. The minimum atomic E-state index is -0.927. The molecule has 0 spiro atoms. The van der Waals surface area contributed by atoms with Crippen molar-refractivity contribution in [3.05, 3.63) is 28.6 Å². The van der Waals surface area contributed by atoms with E-state index in [0.29, 0.717) is 11.7 Å². The summed E-state index contributed by atoms with van der Waals surface area (Å²) in [6.07, 6.45) is 0.804. The smallest absolute Gasteiger partial charge is 0.397 e. The Labute approximate surface area is 155 Å². The first-order valence-corrected chi connectivity index (χ1v) is 9.09. The summed E-state index contributed by atoms with van der Waals surface area (Å²) in [5, 5.41) is 2.82. The van der Waals surface area contributed by atoms with Crippen LogP contribution in [-0.4, -0.2) is 35.9 Å². The van der Waals surface area contributed by atoms with Gasteiger partial charge in [0.05, 0.1) is 12.3 Å². The zero-order valence-electron chi connectivity index (χ0n) is 14.8. The van der Waals surface area contributed by atoms with Gasteiger partial charge in [-0.1, -0.05) is 6.07 Å². The number of nitrogens with zero attached hydrogens (tertiary/aromatic N) is 2. The molecule has 26 heavy (non-hydrogen) atoms. The van der Waals surface area contributed by atoms with Gasteiger partial charge in [-0.15, -0.1) is 11.3 Å². The molecule has 0 saturated heterocycles. The van der Waals surface area contributed by atoms with Crippen molar-refractivity contribution in [3.63, 3.8) is 0 Å². The van der Waals surface area contributed by atoms with Crippen LogP contribution in [-0.2, 0) is 25.5 Å². The SMILES string of the molecule is CCOC(=O)C(=O)Nc1nc(-c2ccc3c(c2)CCN3C(C)=O)c(C)s1. The van der Waals surface area contributed by atoms with Crippen LogP contribution in [0.2, 0.25) is 0 Å². The van der Waals surface area contributed by atoms with Gasteiger partial charge in [0, 0.05) is 29.6 Å². The minimum absolute atomic E-state index is 0.0327. The van der Waals surface area contributed by atoms with E-state index in [4.69, 9.17) is 0 Å². The van der Waals surface area contributed by atoms with E-state index in [9.17, 15) is 14.4 Å². The van der Waals surface area contributed by atoms with Crippen LogP contribution in [0, 0.1) is 6.92 Å². The maximum absolute atomic E-state index is 11.8. The maximum atomic E-state index is 11.8. The zero-order chi connectivity index (χ0) is 18.8. The van der Waals surface area contributed by atoms with Crippen LogP contribution in [0.1, 0.15) is 24.3 Å². The fraction of sp³-hybridized carbons (Fsp3) is 0.333. The van der Waals surface area contributed by atoms with Crippen molar-refractivity contribution in [2.45, 2.75) is 27.2 Å². The summed E-state index contributed by atoms with van der Waals surface area (Å²) < 4.78 is 4.67. The lowest BCUT2D eigenvalue weighted by atomic mass is 10.1. The molecule has 2 heterocycles. The second kappa shape index (κ2) is 7.25. The van der Waals surface area contributed by atoms with Gasteiger partial charge in [0.2, 0.25) is 5.91 Å². The molecule has 0 fully saturated rings. The molecule has 3 rings (SSSR count). The largest absolute Gasteiger partial charge is 0.459 e. The summed E-state index contributed by atoms with van der Waals surface area (Å²) in [7, 11) is 0. The first kappa shape index (κ1) is 18.1. The highest BCUT2D eigenvalue weighted by Crippen LogP contribution is 2.35. The highest BCUT2D eigenvalue weighted by atomic mass is 32.1. The molecule has 1 aliphatic heterocycles. The summed E-state index contributed by atoms with van der Waals surface area (Å²) in [5.41, 5.74) is 3.70. The van der Waals surface area contributed by atoms with Crippen molar-refractivity contribution in [2.24, 2.45) is 0 Å². The summed E-state index contributed by atoms with van der Waals surface area (Å²) in [5.74, 6) is -1.73. The molecule has 1 N–H and O–H groups in total. The molecule has 0 aliphatic carbocycles. The molecule has 0 unspecified atom stereocenters. The molecule has 2 amide bonds. The first-order valence-electron chi connectivity index (χ1n) is 8.27. The standard InChI is InChI=1S/C18H19N3O4S/c1-4-25-17(24)16(23)20-18-19-15(10(2)26-18)13-5-6-14-12(9-13)7-8-21(14)11(3)22/h5-6,9H,4,7-8H2,1-3H3,(H,19,20,23). The fourth-order valence-corrected chi connectivity index (χ4v) is 3.77.